The number of carbonyl (C=O) groups is 1. The number of fused-ring (bicyclic) bond motifs is 1. The van der Waals surface area contributed by atoms with Crippen LogP contribution >= 0.6 is 23.1 Å². The van der Waals surface area contributed by atoms with Crippen LogP contribution in [-0.4, -0.2) is 28.7 Å². The highest BCUT2D eigenvalue weighted by atomic mass is 32.2. The Kier molecular flexibility index (Phi) is 7.68. The first kappa shape index (κ1) is 25.5. The van der Waals surface area contributed by atoms with Gasteiger partial charge in [-0.15, -0.1) is 11.8 Å². The van der Waals surface area contributed by atoms with Crippen molar-refractivity contribution < 1.29 is 9.53 Å². The van der Waals surface area contributed by atoms with Crippen LogP contribution in [0.4, 0.5) is 5.13 Å². The molecule has 0 aliphatic heterocycles. The first-order valence-electron chi connectivity index (χ1n) is 12.0. The Morgan fingerprint density at radius 3 is 2.47 bits per heavy atom. The maximum atomic E-state index is 12.6. The average molecular weight is 537 g/mol. The molecule has 0 radical (unpaired) electrons. The van der Waals surface area contributed by atoms with Gasteiger partial charge in [0.1, 0.15) is 16.8 Å². The molecule has 188 valence electrons. The van der Waals surface area contributed by atoms with Crippen molar-refractivity contribution in [2.24, 2.45) is 0 Å². The lowest BCUT2D eigenvalue weighted by atomic mass is 9.98. The molecule has 5 rings (SSSR count). The zero-order valence-corrected chi connectivity index (χ0v) is 22.5. The van der Waals surface area contributed by atoms with Gasteiger partial charge < -0.3 is 10.1 Å². The smallest absolute Gasteiger partial charge is 0.226 e. The van der Waals surface area contributed by atoms with Gasteiger partial charge in [0.25, 0.3) is 0 Å². The molecule has 3 aromatic carbocycles. The largest absolute Gasteiger partial charge is 0.497 e. The lowest BCUT2D eigenvalue weighted by molar-refractivity contribution is -0.115. The van der Waals surface area contributed by atoms with Gasteiger partial charge in [0, 0.05) is 23.3 Å². The third-order valence-electron chi connectivity index (χ3n) is 5.95. The fraction of sp³-hybridized carbons (Fsp3) is 0.133. The molecule has 5 aromatic rings. The number of para-hydroxylation sites is 1. The monoisotopic (exact) mass is 536 g/mol. The number of hydrogen-bond acceptors (Lipinski definition) is 7. The summed E-state index contributed by atoms with van der Waals surface area (Å²) in [6.45, 7) is 2.03. The first-order valence-corrected chi connectivity index (χ1v) is 13.8. The molecule has 0 aliphatic rings. The molecular formula is C30H24N4O2S2. The Hall–Kier alpha value is -4.19. The van der Waals surface area contributed by atoms with Gasteiger partial charge in [-0.3, -0.25) is 4.79 Å². The van der Waals surface area contributed by atoms with Crippen LogP contribution in [0.2, 0.25) is 0 Å². The van der Waals surface area contributed by atoms with E-state index in [1.807, 2.05) is 85.8 Å². The second-order valence-electron chi connectivity index (χ2n) is 8.57. The zero-order valence-electron chi connectivity index (χ0n) is 20.9. The van der Waals surface area contributed by atoms with Crippen LogP contribution in [0.3, 0.4) is 0 Å². The first-order chi connectivity index (χ1) is 18.5. The molecule has 0 saturated heterocycles. The molecule has 0 aliphatic carbocycles. The number of aromatic nitrogens is 2. The van der Waals surface area contributed by atoms with E-state index >= 15 is 0 Å². The number of nitrogens with one attached hydrogen (secondary N) is 1. The molecule has 1 N–H and O–H groups in total. The van der Waals surface area contributed by atoms with Crippen molar-refractivity contribution in [1.82, 2.24) is 9.97 Å². The molecule has 1 amide bonds. The van der Waals surface area contributed by atoms with E-state index in [2.05, 4.69) is 16.4 Å². The lowest BCUT2D eigenvalue weighted by Crippen LogP contribution is -2.12. The molecule has 38 heavy (non-hydrogen) atoms. The number of anilines is 1. The summed E-state index contributed by atoms with van der Waals surface area (Å²) in [7, 11) is 1.63. The van der Waals surface area contributed by atoms with E-state index in [0.717, 1.165) is 43.9 Å². The van der Waals surface area contributed by atoms with Crippen LogP contribution in [-0.2, 0) is 4.79 Å². The number of hydrogen-bond donors (Lipinski definition) is 1. The molecule has 8 heteroatoms. The van der Waals surface area contributed by atoms with Gasteiger partial charge >= 0.3 is 0 Å². The molecule has 0 fully saturated rings. The summed E-state index contributed by atoms with van der Waals surface area (Å²) in [5, 5.41) is 14.2. The van der Waals surface area contributed by atoms with Gasteiger partial charge in [0.15, 0.2) is 5.13 Å². The number of thiazole rings is 1. The predicted octanol–water partition coefficient (Wildman–Crippen LogP) is 7.33. The van der Waals surface area contributed by atoms with Crippen LogP contribution in [0.25, 0.3) is 32.6 Å². The summed E-state index contributed by atoms with van der Waals surface area (Å²) in [5.74, 6) is 1.10. The summed E-state index contributed by atoms with van der Waals surface area (Å²) >= 11 is 2.86. The number of carbonyl (C=O) groups excluding carboxylic acids is 1. The third-order valence-corrected chi connectivity index (χ3v) is 7.88. The number of nitriles is 1. The van der Waals surface area contributed by atoms with E-state index in [1.54, 1.807) is 7.11 Å². The standard InChI is InChI=1S/C30H24N4O2S2/c1-19-7-9-20(10-8-19)23-17-26(21-11-13-22(36-2)14-12-21)32-29(24(23)18-31)37-16-15-28(35)34-30-33-25-5-3-4-6-27(25)38-30/h3-14,17H,15-16H2,1-2H3,(H,33,34,35). The zero-order chi connectivity index (χ0) is 26.5. The number of thioether (sulfide) groups is 1. The van der Waals surface area contributed by atoms with Gasteiger partial charge in [0.05, 0.1) is 28.6 Å². The normalized spacial score (nSPS) is 10.8. The highest BCUT2D eigenvalue weighted by molar-refractivity contribution is 7.99. The van der Waals surface area contributed by atoms with E-state index in [-0.39, 0.29) is 12.3 Å². The fourth-order valence-corrected chi connectivity index (χ4v) is 5.78. The molecule has 6 nitrogen and oxygen atoms in total. The maximum Gasteiger partial charge on any atom is 0.226 e. The Balaban J connectivity index is 1.39. The third kappa shape index (κ3) is 5.70. The molecule has 0 saturated carbocycles. The van der Waals surface area contributed by atoms with Crippen molar-refractivity contribution in [2.45, 2.75) is 18.4 Å². The van der Waals surface area contributed by atoms with Crippen molar-refractivity contribution in [3.63, 3.8) is 0 Å². The Bertz CT molecular complexity index is 1610. The van der Waals surface area contributed by atoms with Crippen molar-refractivity contribution >= 4 is 44.4 Å². The number of benzene rings is 3. The molecule has 0 bridgehead atoms. The summed E-state index contributed by atoms with van der Waals surface area (Å²) < 4.78 is 6.32. The minimum absolute atomic E-state index is 0.125. The van der Waals surface area contributed by atoms with E-state index in [1.165, 1.54) is 23.1 Å². The fourth-order valence-electron chi connectivity index (χ4n) is 3.95. The van der Waals surface area contributed by atoms with Crippen LogP contribution in [0, 0.1) is 18.3 Å². The number of methoxy groups -OCH3 is 1. The SMILES string of the molecule is COc1ccc(-c2cc(-c3ccc(C)cc3)c(C#N)c(SCCC(=O)Nc3nc4ccccc4s3)n2)cc1. The van der Waals surface area contributed by atoms with Crippen molar-refractivity contribution in [2.75, 3.05) is 18.2 Å². The second-order valence-corrected chi connectivity index (χ2v) is 10.7. The Morgan fingerprint density at radius 2 is 1.76 bits per heavy atom. The summed E-state index contributed by atoms with van der Waals surface area (Å²) in [6, 6.07) is 27.9. The maximum absolute atomic E-state index is 12.6. The van der Waals surface area contributed by atoms with Gasteiger partial charge in [-0.1, -0.05) is 53.3 Å². The second kappa shape index (κ2) is 11.5. The number of rotatable bonds is 8. The number of aryl methyl sites for hydroxylation is 1. The molecule has 0 spiro atoms. The minimum atomic E-state index is -0.125. The number of nitrogens with zero attached hydrogens (tertiary/aromatic N) is 3. The predicted molar refractivity (Wildman–Crippen MR) is 155 cm³/mol. The highest BCUT2D eigenvalue weighted by Gasteiger charge is 2.17. The minimum Gasteiger partial charge on any atom is -0.497 e. The summed E-state index contributed by atoms with van der Waals surface area (Å²) in [6.07, 6.45) is 0.264. The van der Waals surface area contributed by atoms with Gasteiger partial charge in [-0.2, -0.15) is 5.26 Å². The highest BCUT2D eigenvalue weighted by Crippen LogP contribution is 2.35. The van der Waals surface area contributed by atoms with Crippen molar-refractivity contribution in [1.29, 1.82) is 5.26 Å². The Morgan fingerprint density at radius 1 is 1.03 bits per heavy atom. The summed E-state index contributed by atoms with van der Waals surface area (Å²) in [4.78, 5) is 22.0. The molecule has 0 unspecified atom stereocenters. The number of amides is 1. The van der Waals surface area contributed by atoms with Crippen molar-refractivity contribution in [3.05, 3.63) is 90.0 Å². The Labute approximate surface area is 229 Å². The van der Waals surface area contributed by atoms with Crippen LogP contribution in [0.1, 0.15) is 17.5 Å². The number of ether oxygens (including phenoxy) is 1. The van der Waals surface area contributed by atoms with Crippen LogP contribution < -0.4 is 10.1 Å². The number of pyridine rings is 1. The molecule has 2 heterocycles. The lowest BCUT2D eigenvalue weighted by Gasteiger charge is -2.13. The summed E-state index contributed by atoms with van der Waals surface area (Å²) in [5.41, 5.74) is 5.94. The van der Waals surface area contributed by atoms with Crippen LogP contribution in [0.5, 0.6) is 5.75 Å². The van der Waals surface area contributed by atoms with Gasteiger partial charge in [-0.25, -0.2) is 9.97 Å². The van der Waals surface area contributed by atoms with E-state index in [0.29, 0.717) is 21.5 Å². The topological polar surface area (TPSA) is 87.9 Å². The quantitative estimate of drug-likeness (QED) is 0.209. The molecule has 2 aromatic heterocycles. The van der Waals surface area contributed by atoms with E-state index in [9.17, 15) is 10.1 Å². The molecular weight excluding hydrogens is 512 g/mol. The van der Waals surface area contributed by atoms with Crippen LogP contribution in [0.15, 0.2) is 83.9 Å². The van der Waals surface area contributed by atoms with Gasteiger partial charge in [-0.05, 0) is 55.0 Å². The van der Waals surface area contributed by atoms with Gasteiger partial charge in [0.2, 0.25) is 5.91 Å². The van der Waals surface area contributed by atoms with E-state index in [4.69, 9.17) is 9.72 Å². The van der Waals surface area contributed by atoms with Crippen molar-refractivity contribution in [3.8, 4) is 34.2 Å². The average Bonchev–Trinajstić information content (AvgIpc) is 3.35. The molecule has 0 atom stereocenters. The van der Waals surface area contributed by atoms with E-state index < -0.39 is 0 Å².